The van der Waals surface area contributed by atoms with E-state index >= 15 is 0 Å². The second kappa shape index (κ2) is 5.79. The van der Waals surface area contributed by atoms with Crippen molar-refractivity contribution < 1.29 is 9.18 Å². The van der Waals surface area contributed by atoms with E-state index in [1.54, 1.807) is 12.1 Å². The van der Waals surface area contributed by atoms with E-state index in [0.29, 0.717) is 13.1 Å². The van der Waals surface area contributed by atoms with E-state index in [1.807, 2.05) is 36.5 Å². The zero-order valence-electron chi connectivity index (χ0n) is 11.4. The zero-order chi connectivity index (χ0) is 14.7. The summed E-state index contributed by atoms with van der Waals surface area (Å²) in [6.07, 6.45) is 1.99. The lowest BCUT2D eigenvalue weighted by Crippen LogP contribution is -2.27. The predicted octanol–water partition coefficient (Wildman–Crippen LogP) is 3.21. The van der Waals surface area contributed by atoms with Crippen molar-refractivity contribution in [2.75, 3.05) is 6.54 Å². The fourth-order valence-corrected chi connectivity index (χ4v) is 2.37. The molecule has 106 valence electrons. The predicted molar refractivity (Wildman–Crippen MR) is 80.7 cm³/mol. The Hall–Kier alpha value is -2.62. The number of carbonyl (C=O) groups excluding carboxylic acids is 1. The first kappa shape index (κ1) is 13.4. The lowest BCUT2D eigenvalue weighted by atomic mass is 10.2. The number of nitrogens with zero attached hydrogens (tertiary/aromatic N) is 1. The van der Waals surface area contributed by atoms with Crippen molar-refractivity contribution >= 4 is 16.8 Å². The lowest BCUT2D eigenvalue weighted by Gasteiger charge is -2.08. The number of benzene rings is 2. The molecule has 0 spiro atoms. The van der Waals surface area contributed by atoms with Crippen LogP contribution in [0.25, 0.3) is 10.9 Å². The number of aromatic nitrogens is 1. The summed E-state index contributed by atoms with van der Waals surface area (Å²) in [6, 6.07) is 16.1. The molecular formula is C17H15FN2O. The summed E-state index contributed by atoms with van der Waals surface area (Å²) in [5.41, 5.74) is 1.20. The molecule has 0 atom stereocenters. The van der Waals surface area contributed by atoms with Gasteiger partial charge in [0.05, 0.1) is 5.56 Å². The summed E-state index contributed by atoms with van der Waals surface area (Å²) in [5.74, 6) is -0.883. The summed E-state index contributed by atoms with van der Waals surface area (Å²) in [4.78, 5) is 11.9. The molecule has 0 aliphatic carbocycles. The Morgan fingerprint density at radius 1 is 1.05 bits per heavy atom. The molecule has 1 aromatic heterocycles. The SMILES string of the molecule is O=C(NCCn1ccc2ccccc21)c1ccccc1F. The molecular weight excluding hydrogens is 267 g/mol. The largest absolute Gasteiger partial charge is 0.350 e. The number of nitrogens with one attached hydrogen (secondary N) is 1. The van der Waals surface area contributed by atoms with Gasteiger partial charge in [0.15, 0.2) is 0 Å². The van der Waals surface area contributed by atoms with Crippen molar-refractivity contribution in [2.24, 2.45) is 0 Å². The Morgan fingerprint density at radius 3 is 2.67 bits per heavy atom. The van der Waals surface area contributed by atoms with Crippen LogP contribution in [0.2, 0.25) is 0 Å². The van der Waals surface area contributed by atoms with Gasteiger partial charge >= 0.3 is 0 Å². The van der Waals surface area contributed by atoms with Gasteiger partial charge in [-0.15, -0.1) is 0 Å². The van der Waals surface area contributed by atoms with Gasteiger partial charge in [0.25, 0.3) is 5.91 Å². The fourth-order valence-electron chi connectivity index (χ4n) is 2.37. The highest BCUT2D eigenvalue weighted by Gasteiger charge is 2.09. The Bertz CT molecular complexity index is 779. The number of halogens is 1. The van der Waals surface area contributed by atoms with Crippen LogP contribution in [0.5, 0.6) is 0 Å². The molecule has 21 heavy (non-hydrogen) atoms. The van der Waals surface area contributed by atoms with E-state index in [4.69, 9.17) is 0 Å². The Morgan fingerprint density at radius 2 is 1.81 bits per heavy atom. The fraction of sp³-hybridized carbons (Fsp3) is 0.118. The normalized spacial score (nSPS) is 10.7. The molecule has 0 radical (unpaired) electrons. The first-order valence-corrected chi connectivity index (χ1v) is 6.82. The molecule has 4 heteroatoms. The number of hydrogen-bond acceptors (Lipinski definition) is 1. The van der Waals surface area contributed by atoms with Crippen molar-refractivity contribution in [1.82, 2.24) is 9.88 Å². The molecule has 0 unspecified atom stereocenters. The molecule has 0 saturated carbocycles. The maximum Gasteiger partial charge on any atom is 0.254 e. The van der Waals surface area contributed by atoms with Crippen molar-refractivity contribution in [3.05, 3.63) is 72.2 Å². The minimum atomic E-state index is -0.499. The smallest absolute Gasteiger partial charge is 0.254 e. The Kier molecular flexibility index (Phi) is 3.69. The average molecular weight is 282 g/mol. The maximum absolute atomic E-state index is 13.5. The van der Waals surface area contributed by atoms with Crippen molar-refractivity contribution in [1.29, 1.82) is 0 Å². The second-order valence-electron chi connectivity index (χ2n) is 4.80. The minimum absolute atomic E-state index is 0.0786. The van der Waals surface area contributed by atoms with Crippen molar-refractivity contribution in [3.8, 4) is 0 Å². The van der Waals surface area contributed by atoms with E-state index in [-0.39, 0.29) is 11.5 Å². The van der Waals surface area contributed by atoms with Crippen LogP contribution in [0.15, 0.2) is 60.8 Å². The van der Waals surface area contributed by atoms with Crippen LogP contribution in [-0.2, 0) is 6.54 Å². The maximum atomic E-state index is 13.5. The Balaban J connectivity index is 1.64. The van der Waals surface area contributed by atoms with Gasteiger partial charge in [-0.3, -0.25) is 4.79 Å². The highest BCUT2D eigenvalue weighted by Crippen LogP contribution is 2.14. The van der Waals surface area contributed by atoms with Gasteiger partial charge in [-0.05, 0) is 29.7 Å². The number of rotatable bonds is 4. The van der Waals surface area contributed by atoms with Crippen LogP contribution < -0.4 is 5.32 Å². The molecule has 2 aromatic carbocycles. The number of amides is 1. The molecule has 0 saturated heterocycles. The van der Waals surface area contributed by atoms with Crippen molar-refractivity contribution in [2.45, 2.75) is 6.54 Å². The first-order chi connectivity index (χ1) is 10.3. The molecule has 0 aliphatic heterocycles. The summed E-state index contributed by atoms with van der Waals surface area (Å²) < 4.78 is 15.5. The van der Waals surface area contributed by atoms with Crippen LogP contribution in [0.4, 0.5) is 4.39 Å². The van der Waals surface area contributed by atoms with Gasteiger partial charge in [-0.25, -0.2) is 4.39 Å². The standard InChI is InChI=1S/C17H15FN2O/c18-15-7-3-2-6-14(15)17(21)19-10-12-20-11-9-13-5-1-4-8-16(13)20/h1-9,11H,10,12H2,(H,19,21). The second-order valence-corrected chi connectivity index (χ2v) is 4.80. The van der Waals surface area contributed by atoms with Gasteiger partial charge in [0.1, 0.15) is 5.82 Å². The third-order valence-corrected chi connectivity index (χ3v) is 3.44. The molecule has 3 aromatic rings. The van der Waals surface area contributed by atoms with Crippen LogP contribution >= 0.6 is 0 Å². The van der Waals surface area contributed by atoms with E-state index in [0.717, 1.165) is 10.9 Å². The van der Waals surface area contributed by atoms with Gasteiger partial charge in [0.2, 0.25) is 0 Å². The van der Waals surface area contributed by atoms with E-state index in [9.17, 15) is 9.18 Å². The molecule has 1 amide bonds. The van der Waals surface area contributed by atoms with Gasteiger partial charge in [-0.1, -0.05) is 30.3 Å². The number of fused-ring (bicyclic) bond motifs is 1. The molecule has 1 heterocycles. The van der Waals surface area contributed by atoms with Crippen molar-refractivity contribution in [3.63, 3.8) is 0 Å². The molecule has 3 nitrogen and oxygen atoms in total. The van der Waals surface area contributed by atoms with Gasteiger partial charge < -0.3 is 9.88 Å². The molecule has 0 aliphatic rings. The first-order valence-electron chi connectivity index (χ1n) is 6.82. The van der Waals surface area contributed by atoms with E-state index in [1.165, 1.54) is 12.1 Å². The highest BCUT2D eigenvalue weighted by molar-refractivity contribution is 5.94. The van der Waals surface area contributed by atoms with Crippen LogP contribution in [0.3, 0.4) is 0 Å². The number of para-hydroxylation sites is 1. The van der Waals surface area contributed by atoms with E-state index < -0.39 is 5.82 Å². The monoisotopic (exact) mass is 282 g/mol. The summed E-state index contributed by atoms with van der Waals surface area (Å²) in [7, 11) is 0. The van der Waals surface area contributed by atoms with Crippen LogP contribution in [0.1, 0.15) is 10.4 Å². The molecule has 0 fully saturated rings. The lowest BCUT2D eigenvalue weighted by molar-refractivity contribution is 0.0948. The summed E-state index contributed by atoms with van der Waals surface area (Å²) in [6.45, 7) is 1.10. The zero-order valence-corrected chi connectivity index (χ0v) is 11.4. The molecule has 0 bridgehead atoms. The summed E-state index contributed by atoms with van der Waals surface area (Å²) in [5, 5.41) is 3.91. The number of carbonyl (C=O) groups is 1. The Labute approximate surface area is 122 Å². The van der Waals surface area contributed by atoms with E-state index in [2.05, 4.69) is 9.88 Å². The van der Waals surface area contributed by atoms with Gasteiger partial charge in [0, 0.05) is 24.8 Å². The topological polar surface area (TPSA) is 34.0 Å². The number of hydrogen-bond donors (Lipinski definition) is 1. The minimum Gasteiger partial charge on any atom is -0.350 e. The molecule has 3 rings (SSSR count). The van der Waals surface area contributed by atoms with Gasteiger partial charge in [-0.2, -0.15) is 0 Å². The molecule has 1 N–H and O–H groups in total. The third kappa shape index (κ3) is 2.79. The average Bonchev–Trinajstić information content (AvgIpc) is 2.91. The highest BCUT2D eigenvalue weighted by atomic mass is 19.1. The quantitative estimate of drug-likeness (QED) is 0.783. The third-order valence-electron chi connectivity index (χ3n) is 3.44. The van der Waals surface area contributed by atoms with Crippen LogP contribution in [0, 0.1) is 5.82 Å². The summed E-state index contributed by atoms with van der Waals surface area (Å²) >= 11 is 0. The van der Waals surface area contributed by atoms with Crippen LogP contribution in [-0.4, -0.2) is 17.0 Å².